The second-order valence-electron chi connectivity index (χ2n) is 8.09. The van der Waals surface area contributed by atoms with Gasteiger partial charge in [0.2, 0.25) is 5.95 Å². The summed E-state index contributed by atoms with van der Waals surface area (Å²) in [6.45, 7) is 2.69. The van der Waals surface area contributed by atoms with Crippen LogP contribution in [-0.2, 0) is 18.8 Å². The minimum absolute atomic E-state index is 0.00586. The highest BCUT2D eigenvalue weighted by atomic mass is 19.2. The summed E-state index contributed by atoms with van der Waals surface area (Å²) in [5.74, 6) is -3.13. The van der Waals surface area contributed by atoms with Gasteiger partial charge in [-0.05, 0) is 13.0 Å². The molecule has 0 bridgehead atoms. The van der Waals surface area contributed by atoms with Crippen molar-refractivity contribution < 1.29 is 17.9 Å². The summed E-state index contributed by atoms with van der Waals surface area (Å²) in [4.78, 5) is 28.1. The van der Waals surface area contributed by atoms with Crippen LogP contribution in [0.5, 0.6) is 0 Å². The zero-order chi connectivity index (χ0) is 24.1. The molecule has 3 aromatic heterocycles. The molecule has 5 rings (SSSR count). The van der Waals surface area contributed by atoms with Crippen molar-refractivity contribution in [2.45, 2.75) is 13.0 Å². The predicted octanol–water partition coefficient (Wildman–Crippen LogP) is 2.43. The number of aryl methyl sites for hydroxylation is 2. The first-order valence-electron chi connectivity index (χ1n) is 10.5. The Bertz CT molecular complexity index is 1480. The lowest BCUT2D eigenvalue weighted by Gasteiger charge is -2.32. The fourth-order valence-corrected chi connectivity index (χ4v) is 3.91. The Morgan fingerprint density at radius 1 is 1.03 bits per heavy atom. The van der Waals surface area contributed by atoms with Crippen LogP contribution in [-0.4, -0.2) is 49.0 Å². The second kappa shape index (κ2) is 8.20. The van der Waals surface area contributed by atoms with Gasteiger partial charge in [-0.2, -0.15) is 5.10 Å². The van der Waals surface area contributed by atoms with Crippen LogP contribution >= 0.6 is 0 Å². The highest BCUT2D eigenvalue weighted by Gasteiger charge is 2.27. The lowest BCUT2D eigenvalue weighted by molar-refractivity contribution is 0.0392. The number of hydrogen-bond acceptors (Lipinski definition) is 7. The lowest BCUT2D eigenvalue weighted by Crippen LogP contribution is -2.39. The first-order chi connectivity index (χ1) is 16.2. The fourth-order valence-electron chi connectivity index (χ4n) is 3.91. The maximum atomic E-state index is 14.8. The molecule has 1 saturated heterocycles. The number of hydrogen-bond donors (Lipinski definition) is 0. The van der Waals surface area contributed by atoms with Crippen LogP contribution in [0.25, 0.3) is 22.3 Å². The third-order valence-electron chi connectivity index (χ3n) is 5.85. The van der Waals surface area contributed by atoms with Crippen LogP contribution in [0.2, 0.25) is 0 Å². The van der Waals surface area contributed by atoms with Crippen molar-refractivity contribution in [3.8, 4) is 11.3 Å². The molecule has 176 valence electrons. The number of aromatic nitrogens is 6. The van der Waals surface area contributed by atoms with E-state index in [1.807, 2.05) is 6.20 Å². The summed E-state index contributed by atoms with van der Waals surface area (Å²) in [6.07, 6.45) is 3.20. The quantitative estimate of drug-likeness (QED) is 0.424. The molecule has 9 nitrogen and oxygen atoms in total. The monoisotopic (exact) mass is 471 g/mol. The first kappa shape index (κ1) is 22.0. The number of anilines is 1. The van der Waals surface area contributed by atoms with Gasteiger partial charge >= 0.3 is 0 Å². The van der Waals surface area contributed by atoms with E-state index in [-0.39, 0.29) is 34.3 Å². The summed E-state index contributed by atoms with van der Waals surface area (Å²) < 4.78 is 51.2. The fraction of sp³-hybridized carbons (Fsp3) is 0.318. The van der Waals surface area contributed by atoms with E-state index in [2.05, 4.69) is 20.1 Å². The number of ether oxygens (including phenoxy) is 1. The Hall–Kier alpha value is -3.80. The summed E-state index contributed by atoms with van der Waals surface area (Å²) >= 11 is 0. The molecule has 12 heteroatoms. The molecule has 0 spiro atoms. The summed E-state index contributed by atoms with van der Waals surface area (Å²) in [7, 11) is 3.33. The molecule has 4 heterocycles. The van der Waals surface area contributed by atoms with E-state index in [1.54, 1.807) is 29.7 Å². The van der Waals surface area contributed by atoms with Gasteiger partial charge in [0, 0.05) is 44.0 Å². The van der Waals surface area contributed by atoms with Crippen molar-refractivity contribution in [3.63, 3.8) is 0 Å². The molecule has 0 saturated carbocycles. The van der Waals surface area contributed by atoms with Crippen LogP contribution in [0.3, 0.4) is 0 Å². The van der Waals surface area contributed by atoms with Gasteiger partial charge in [0.1, 0.15) is 29.0 Å². The molecule has 34 heavy (non-hydrogen) atoms. The third kappa shape index (κ3) is 3.69. The van der Waals surface area contributed by atoms with Crippen molar-refractivity contribution in [3.05, 3.63) is 63.7 Å². The van der Waals surface area contributed by atoms with E-state index in [0.29, 0.717) is 37.7 Å². The normalized spacial score (nSPS) is 16.4. The molecule has 0 unspecified atom stereocenters. The van der Waals surface area contributed by atoms with E-state index in [9.17, 15) is 18.0 Å². The standard InChI is InChI=1S/C22H20F3N7O2/c1-11-27-19-18(13-6-15(24)16(25)7-14(13)23)28-22(29-20(19)21(33)31(11)3)32-4-5-34-17(10-32)12-8-26-30(2)9-12/h6-9,17H,4-5,10H2,1-3H3/t17-/m0/s1. The molecule has 1 fully saturated rings. The van der Waals surface area contributed by atoms with E-state index < -0.39 is 23.0 Å². The Labute approximate surface area is 191 Å². The summed E-state index contributed by atoms with van der Waals surface area (Å²) in [6, 6.07) is 1.15. The van der Waals surface area contributed by atoms with Gasteiger partial charge in [-0.15, -0.1) is 0 Å². The van der Waals surface area contributed by atoms with Gasteiger partial charge in [-0.25, -0.2) is 28.1 Å². The molecular formula is C22H20F3N7O2. The van der Waals surface area contributed by atoms with E-state index >= 15 is 0 Å². The lowest BCUT2D eigenvalue weighted by atomic mass is 10.1. The average Bonchev–Trinajstić information content (AvgIpc) is 3.26. The van der Waals surface area contributed by atoms with E-state index in [4.69, 9.17) is 4.74 Å². The van der Waals surface area contributed by atoms with Crippen molar-refractivity contribution >= 4 is 17.0 Å². The Morgan fingerprint density at radius 3 is 2.53 bits per heavy atom. The number of fused-ring (bicyclic) bond motifs is 1. The third-order valence-corrected chi connectivity index (χ3v) is 5.85. The molecule has 4 aromatic rings. The highest BCUT2D eigenvalue weighted by Crippen LogP contribution is 2.31. The molecule has 0 aliphatic carbocycles. The predicted molar refractivity (Wildman–Crippen MR) is 117 cm³/mol. The molecule has 1 aliphatic heterocycles. The van der Waals surface area contributed by atoms with Crippen LogP contribution in [0, 0.1) is 24.4 Å². The van der Waals surface area contributed by atoms with Gasteiger partial charge in [0.25, 0.3) is 5.56 Å². The maximum Gasteiger partial charge on any atom is 0.279 e. The van der Waals surface area contributed by atoms with Crippen molar-refractivity contribution in [2.24, 2.45) is 14.1 Å². The molecule has 0 radical (unpaired) electrons. The second-order valence-corrected chi connectivity index (χ2v) is 8.09. The van der Waals surface area contributed by atoms with Crippen molar-refractivity contribution in [1.82, 2.24) is 29.3 Å². The van der Waals surface area contributed by atoms with Crippen LogP contribution in [0.15, 0.2) is 29.3 Å². The smallest absolute Gasteiger partial charge is 0.279 e. The SMILES string of the molecule is Cc1nc2c(-c3cc(F)c(F)cc3F)nc(N3CCO[C@H](c4cnn(C)c4)C3)nc2c(=O)n1C. The van der Waals surface area contributed by atoms with Crippen molar-refractivity contribution in [1.29, 1.82) is 0 Å². The van der Waals surface area contributed by atoms with Crippen molar-refractivity contribution in [2.75, 3.05) is 24.6 Å². The molecule has 1 atom stereocenters. The van der Waals surface area contributed by atoms with Crippen LogP contribution in [0.4, 0.5) is 19.1 Å². The number of morpholine rings is 1. The van der Waals surface area contributed by atoms with Gasteiger partial charge in [0.05, 0.1) is 19.3 Å². The van der Waals surface area contributed by atoms with Crippen LogP contribution < -0.4 is 10.5 Å². The first-order valence-corrected chi connectivity index (χ1v) is 10.5. The molecule has 1 aliphatic rings. The highest BCUT2D eigenvalue weighted by molar-refractivity contribution is 5.89. The van der Waals surface area contributed by atoms with Gasteiger partial charge in [0.15, 0.2) is 17.2 Å². The number of halogens is 3. The maximum absolute atomic E-state index is 14.8. The Balaban J connectivity index is 1.69. The minimum Gasteiger partial charge on any atom is -0.370 e. The average molecular weight is 471 g/mol. The minimum atomic E-state index is -1.33. The summed E-state index contributed by atoms with van der Waals surface area (Å²) in [5.41, 5.74) is -0.0695. The van der Waals surface area contributed by atoms with Gasteiger partial charge < -0.3 is 9.64 Å². The number of nitrogens with zero attached hydrogens (tertiary/aromatic N) is 7. The Kier molecular flexibility index (Phi) is 5.31. The Morgan fingerprint density at radius 2 is 1.79 bits per heavy atom. The van der Waals surface area contributed by atoms with Gasteiger partial charge in [-0.3, -0.25) is 14.0 Å². The molecule has 1 aromatic carbocycles. The largest absolute Gasteiger partial charge is 0.370 e. The molecular weight excluding hydrogens is 451 g/mol. The zero-order valence-corrected chi connectivity index (χ0v) is 18.6. The number of benzene rings is 1. The van der Waals surface area contributed by atoms with E-state index in [0.717, 1.165) is 5.56 Å². The topological polar surface area (TPSA) is 91.0 Å². The number of rotatable bonds is 3. The van der Waals surface area contributed by atoms with E-state index in [1.165, 1.54) is 11.6 Å². The molecule has 0 N–H and O–H groups in total. The summed E-state index contributed by atoms with van der Waals surface area (Å²) in [5, 5.41) is 4.17. The zero-order valence-electron chi connectivity index (χ0n) is 18.6. The van der Waals surface area contributed by atoms with Crippen LogP contribution in [0.1, 0.15) is 17.5 Å². The molecule has 0 amide bonds. The van der Waals surface area contributed by atoms with Gasteiger partial charge in [-0.1, -0.05) is 0 Å².